The predicted octanol–water partition coefficient (Wildman–Crippen LogP) is 4.06. The summed E-state index contributed by atoms with van der Waals surface area (Å²) in [5.41, 5.74) is 0.466. The lowest BCUT2D eigenvalue weighted by molar-refractivity contribution is 0.0529. The molecule has 1 N–H and O–H groups in total. The van der Waals surface area contributed by atoms with Crippen LogP contribution in [0.1, 0.15) is 72.1 Å². The average Bonchev–Trinajstić information content (AvgIpc) is 2.40. The van der Waals surface area contributed by atoms with Crippen LogP contribution in [0.25, 0.3) is 0 Å². The van der Waals surface area contributed by atoms with E-state index in [1.54, 1.807) is 0 Å². The van der Waals surface area contributed by atoms with Crippen LogP contribution >= 0.6 is 0 Å². The van der Waals surface area contributed by atoms with Crippen molar-refractivity contribution in [1.29, 1.82) is 0 Å². The Balaban J connectivity index is 1.99. The summed E-state index contributed by atoms with van der Waals surface area (Å²) in [6, 6.07) is 1.57. The lowest BCUT2D eigenvalue weighted by Crippen LogP contribution is -2.53. The normalized spacial score (nSPS) is 35.1. The molecule has 2 aliphatic rings. The summed E-state index contributed by atoms with van der Waals surface area (Å²) in [6.45, 7) is 9.94. The maximum Gasteiger partial charge on any atom is 0.0156 e. The number of hydrogen-bond donors (Lipinski definition) is 1. The monoisotopic (exact) mass is 280 g/mol. The molecule has 2 rings (SSSR count). The molecule has 2 nitrogen and oxygen atoms in total. The molecule has 0 radical (unpaired) electrons. The van der Waals surface area contributed by atoms with E-state index in [1.807, 2.05) is 0 Å². The van der Waals surface area contributed by atoms with Crippen molar-refractivity contribution < 1.29 is 0 Å². The highest BCUT2D eigenvalue weighted by atomic mass is 15.2. The summed E-state index contributed by atoms with van der Waals surface area (Å²) in [7, 11) is 2.17. The van der Waals surface area contributed by atoms with Crippen LogP contribution in [0.3, 0.4) is 0 Å². The molecular formula is C18H36N2. The molecule has 0 aromatic carbocycles. The van der Waals surface area contributed by atoms with E-state index >= 15 is 0 Å². The summed E-state index contributed by atoms with van der Waals surface area (Å²) in [5, 5.41) is 3.65. The predicted molar refractivity (Wildman–Crippen MR) is 88.1 cm³/mol. The Bertz CT molecular complexity index is 285. The molecule has 2 heteroatoms. The van der Waals surface area contributed by atoms with Gasteiger partial charge in [-0.05, 0) is 57.0 Å². The molecule has 1 aliphatic carbocycles. The third kappa shape index (κ3) is 3.76. The molecule has 1 saturated heterocycles. The van der Waals surface area contributed by atoms with Gasteiger partial charge in [-0.25, -0.2) is 0 Å². The molecule has 2 fully saturated rings. The second-order valence-corrected chi connectivity index (χ2v) is 7.84. The third-order valence-electron chi connectivity index (χ3n) is 5.86. The van der Waals surface area contributed by atoms with Crippen LogP contribution in [0.5, 0.6) is 0 Å². The largest absolute Gasteiger partial charge is 0.316 e. The molecule has 0 spiro atoms. The Morgan fingerprint density at radius 2 is 1.95 bits per heavy atom. The smallest absolute Gasteiger partial charge is 0.0156 e. The van der Waals surface area contributed by atoms with E-state index in [0.717, 1.165) is 12.0 Å². The maximum atomic E-state index is 3.65. The quantitative estimate of drug-likeness (QED) is 0.817. The standard InChI is InChI=1S/C18H36N2/c1-5-9-16-11-6-7-13-20(16)14-15-10-8-12-18(2,3)17(15)19-4/h15-17,19H,5-14H2,1-4H3. The van der Waals surface area contributed by atoms with Gasteiger partial charge < -0.3 is 10.2 Å². The lowest BCUT2D eigenvalue weighted by atomic mass is 9.67. The zero-order chi connectivity index (χ0) is 14.6. The molecular weight excluding hydrogens is 244 g/mol. The Morgan fingerprint density at radius 3 is 2.65 bits per heavy atom. The van der Waals surface area contributed by atoms with Crippen molar-refractivity contribution in [2.24, 2.45) is 11.3 Å². The molecule has 0 amide bonds. The first-order valence-corrected chi connectivity index (χ1v) is 8.99. The van der Waals surface area contributed by atoms with Gasteiger partial charge in [-0.2, -0.15) is 0 Å². The highest BCUT2D eigenvalue weighted by Crippen LogP contribution is 2.39. The number of nitrogens with one attached hydrogen (secondary N) is 1. The lowest BCUT2D eigenvalue weighted by Gasteiger charge is -2.47. The number of hydrogen-bond acceptors (Lipinski definition) is 2. The SMILES string of the molecule is CCCC1CCCCN1CC1CCCC(C)(C)C1NC. The fraction of sp³-hybridized carbons (Fsp3) is 1.00. The van der Waals surface area contributed by atoms with E-state index in [2.05, 4.69) is 38.0 Å². The highest BCUT2D eigenvalue weighted by Gasteiger charge is 2.39. The van der Waals surface area contributed by atoms with Gasteiger partial charge in [0.1, 0.15) is 0 Å². The molecule has 3 unspecified atom stereocenters. The second kappa shape index (κ2) is 7.26. The van der Waals surface area contributed by atoms with Crippen LogP contribution in [0, 0.1) is 11.3 Å². The molecule has 1 aliphatic heterocycles. The average molecular weight is 280 g/mol. The van der Waals surface area contributed by atoms with Crippen molar-refractivity contribution in [2.75, 3.05) is 20.1 Å². The topological polar surface area (TPSA) is 15.3 Å². The molecule has 0 aromatic heterocycles. The van der Waals surface area contributed by atoms with Crippen molar-refractivity contribution in [1.82, 2.24) is 10.2 Å². The van der Waals surface area contributed by atoms with Gasteiger partial charge in [-0.3, -0.25) is 0 Å². The Kier molecular flexibility index (Phi) is 5.92. The molecule has 0 aromatic rings. The van der Waals surface area contributed by atoms with Crippen molar-refractivity contribution in [3.8, 4) is 0 Å². The van der Waals surface area contributed by atoms with Crippen LogP contribution < -0.4 is 5.32 Å². The van der Waals surface area contributed by atoms with E-state index in [9.17, 15) is 0 Å². The first kappa shape index (κ1) is 16.3. The first-order valence-electron chi connectivity index (χ1n) is 8.99. The maximum absolute atomic E-state index is 3.65. The summed E-state index contributed by atoms with van der Waals surface area (Å²) in [6.07, 6.45) is 11.3. The first-order chi connectivity index (χ1) is 9.58. The minimum atomic E-state index is 0.466. The van der Waals surface area contributed by atoms with E-state index in [0.29, 0.717) is 11.5 Å². The van der Waals surface area contributed by atoms with Gasteiger partial charge in [0, 0.05) is 18.6 Å². The molecule has 1 heterocycles. The highest BCUT2D eigenvalue weighted by molar-refractivity contribution is 4.94. The summed E-state index contributed by atoms with van der Waals surface area (Å²) in [4.78, 5) is 2.84. The number of nitrogens with zero attached hydrogens (tertiary/aromatic N) is 1. The summed E-state index contributed by atoms with van der Waals surface area (Å²) < 4.78 is 0. The minimum absolute atomic E-state index is 0.466. The van der Waals surface area contributed by atoms with Gasteiger partial charge >= 0.3 is 0 Å². The number of likely N-dealkylation sites (tertiary alicyclic amines) is 1. The van der Waals surface area contributed by atoms with Crippen LogP contribution in [0.2, 0.25) is 0 Å². The van der Waals surface area contributed by atoms with Crippen LogP contribution in [-0.4, -0.2) is 37.1 Å². The number of piperidine rings is 1. The molecule has 0 bridgehead atoms. The Morgan fingerprint density at radius 1 is 1.15 bits per heavy atom. The zero-order valence-corrected chi connectivity index (χ0v) is 14.3. The van der Waals surface area contributed by atoms with Gasteiger partial charge in [0.25, 0.3) is 0 Å². The van der Waals surface area contributed by atoms with Crippen molar-refractivity contribution in [3.05, 3.63) is 0 Å². The van der Waals surface area contributed by atoms with E-state index < -0.39 is 0 Å². The van der Waals surface area contributed by atoms with Gasteiger partial charge in [-0.15, -0.1) is 0 Å². The van der Waals surface area contributed by atoms with Gasteiger partial charge in [-0.1, -0.05) is 40.0 Å². The van der Waals surface area contributed by atoms with Gasteiger partial charge in [0.05, 0.1) is 0 Å². The molecule has 3 atom stereocenters. The van der Waals surface area contributed by atoms with E-state index in [-0.39, 0.29) is 0 Å². The van der Waals surface area contributed by atoms with Crippen LogP contribution in [0.4, 0.5) is 0 Å². The molecule has 118 valence electrons. The van der Waals surface area contributed by atoms with Crippen molar-refractivity contribution in [2.45, 2.75) is 84.2 Å². The van der Waals surface area contributed by atoms with Crippen LogP contribution in [0.15, 0.2) is 0 Å². The van der Waals surface area contributed by atoms with Crippen LogP contribution in [-0.2, 0) is 0 Å². The summed E-state index contributed by atoms with van der Waals surface area (Å²) in [5.74, 6) is 0.848. The molecule has 20 heavy (non-hydrogen) atoms. The van der Waals surface area contributed by atoms with Gasteiger partial charge in [0.2, 0.25) is 0 Å². The minimum Gasteiger partial charge on any atom is -0.316 e. The Hall–Kier alpha value is -0.0800. The van der Waals surface area contributed by atoms with E-state index in [4.69, 9.17) is 0 Å². The number of rotatable bonds is 5. The molecule has 1 saturated carbocycles. The fourth-order valence-corrected chi connectivity index (χ4v) is 4.86. The zero-order valence-electron chi connectivity index (χ0n) is 14.3. The Labute approximate surface area is 126 Å². The van der Waals surface area contributed by atoms with Crippen molar-refractivity contribution >= 4 is 0 Å². The second-order valence-electron chi connectivity index (χ2n) is 7.84. The van der Waals surface area contributed by atoms with Gasteiger partial charge in [0.15, 0.2) is 0 Å². The fourth-order valence-electron chi connectivity index (χ4n) is 4.86. The summed E-state index contributed by atoms with van der Waals surface area (Å²) >= 11 is 0. The third-order valence-corrected chi connectivity index (χ3v) is 5.86. The van der Waals surface area contributed by atoms with Crippen molar-refractivity contribution in [3.63, 3.8) is 0 Å². The van der Waals surface area contributed by atoms with E-state index in [1.165, 1.54) is 64.5 Å².